The number of esters is 1. The van der Waals surface area contributed by atoms with Crippen molar-refractivity contribution >= 4 is 11.7 Å². The van der Waals surface area contributed by atoms with Gasteiger partial charge in [-0.05, 0) is 56.4 Å². The number of carbonyl (C=O) groups excluding carboxylic acids is 1. The van der Waals surface area contributed by atoms with Crippen molar-refractivity contribution in [3.8, 4) is 22.4 Å². The molecule has 0 saturated heterocycles. The van der Waals surface area contributed by atoms with Gasteiger partial charge in [0.15, 0.2) is 5.43 Å². The predicted octanol–water partition coefficient (Wildman–Crippen LogP) is 4.45. The summed E-state index contributed by atoms with van der Waals surface area (Å²) in [6, 6.07) is 7.98. The van der Waals surface area contributed by atoms with Crippen LogP contribution in [0.2, 0.25) is 0 Å². The van der Waals surface area contributed by atoms with E-state index in [9.17, 15) is 9.59 Å². The Morgan fingerprint density at radius 1 is 1.23 bits per heavy atom. The first-order valence-electron chi connectivity index (χ1n) is 10.7. The van der Waals surface area contributed by atoms with E-state index in [-0.39, 0.29) is 23.1 Å². The van der Waals surface area contributed by atoms with Gasteiger partial charge in [-0.3, -0.25) is 4.79 Å². The van der Waals surface area contributed by atoms with E-state index in [1.54, 1.807) is 31.7 Å². The van der Waals surface area contributed by atoms with Crippen LogP contribution in [0, 0.1) is 0 Å². The fourth-order valence-electron chi connectivity index (χ4n) is 4.97. The van der Waals surface area contributed by atoms with E-state index in [1.165, 1.54) is 5.56 Å². The molecule has 6 heteroatoms. The summed E-state index contributed by atoms with van der Waals surface area (Å²) >= 11 is 0. The van der Waals surface area contributed by atoms with Gasteiger partial charge < -0.3 is 18.6 Å². The van der Waals surface area contributed by atoms with Crippen molar-refractivity contribution in [1.82, 2.24) is 4.57 Å². The maximum atomic E-state index is 12.9. The average molecular weight is 418 g/mol. The lowest BCUT2D eigenvalue weighted by atomic mass is 9.69. The number of anilines is 1. The zero-order valence-corrected chi connectivity index (χ0v) is 18.1. The van der Waals surface area contributed by atoms with Crippen molar-refractivity contribution in [2.45, 2.75) is 38.1 Å². The Labute approximate surface area is 181 Å². The molecule has 3 aromatic rings. The molecule has 31 heavy (non-hydrogen) atoms. The highest BCUT2D eigenvalue weighted by Gasteiger charge is 2.43. The Hall–Kier alpha value is -3.28. The molecular formula is C25H26N2O4. The van der Waals surface area contributed by atoms with Crippen molar-refractivity contribution in [3.63, 3.8) is 0 Å². The normalized spacial score (nSPS) is 15.7. The lowest BCUT2D eigenvalue weighted by Gasteiger charge is -2.49. The smallest absolute Gasteiger partial charge is 0.343 e. The Morgan fingerprint density at radius 2 is 2.03 bits per heavy atom. The average Bonchev–Trinajstić information content (AvgIpc) is 3.25. The highest BCUT2D eigenvalue weighted by Crippen LogP contribution is 2.50. The van der Waals surface area contributed by atoms with Crippen LogP contribution < -0.4 is 10.3 Å². The number of hydrogen-bond acceptors (Lipinski definition) is 5. The second kappa shape index (κ2) is 7.15. The molecule has 5 rings (SSSR count). The van der Waals surface area contributed by atoms with Crippen molar-refractivity contribution in [2.24, 2.45) is 0 Å². The molecule has 1 aliphatic heterocycles. The molecule has 1 aliphatic carbocycles. The zero-order valence-electron chi connectivity index (χ0n) is 18.1. The van der Waals surface area contributed by atoms with Crippen molar-refractivity contribution in [1.29, 1.82) is 0 Å². The number of hydrogen-bond donors (Lipinski definition) is 0. The molecular weight excluding hydrogens is 392 g/mol. The Bertz CT molecular complexity index is 1220. The molecule has 6 nitrogen and oxygen atoms in total. The summed E-state index contributed by atoms with van der Waals surface area (Å²) in [6.07, 6.45) is 9.26. The molecule has 1 aromatic carbocycles. The number of rotatable bonds is 4. The van der Waals surface area contributed by atoms with Crippen LogP contribution in [0.1, 0.15) is 42.1 Å². The van der Waals surface area contributed by atoms with E-state index in [0.717, 1.165) is 53.8 Å². The predicted molar refractivity (Wildman–Crippen MR) is 120 cm³/mol. The number of carbonyl (C=O) groups is 1. The van der Waals surface area contributed by atoms with E-state index in [0.29, 0.717) is 0 Å². The van der Waals surface area contributed by atoms with Crippen LogP contribution in [0.3, 0.4) is 0 Å². The first kappa shape index (κ1) is 19.7. The van der Waals surface area contributed by atoms with Gasteiger partial charge in [-0.15, -0.1) is 0 Å². The first-order chi connectivity index (χ1) is 14.9. The molecule has 0 N–H and O–H groups in total. The third-order valence-electron chi connectivity index (χ3n) is 6.67. The molecule has 2 aliphatic rings. The van der Waals surface area contributed by atoms with E-state index < -0.39 is 5.97 Å². The standard InChI is InChI=1S/C25H26N2O4/c1-4-31-24(29)20-14-27-22(12-23(20)28)19-11-21(26(2)3)18(16-6-9-30-15-16)10-17(19)13-25(27)7-5-8-25/h6,9-12,14-15H,4-5,7-8,13H2,1-3H3. The summed E-state index contributed by atoms with van der Waals surface area (Å²) in [5.74, 6) is -0.549. The molecule has 1 spiro atoms. The fraction of sp³-hybridized carbons (Fsp3) is 0.360. The van der Waals surface area contributed by atoms with E-state index in [1.807, 2.05) is 20.2 Å². The van der Waals surface area contributed by atoms with Crippen molar-refractivity contribution < 1.29 is 13.9 Å². The highest BCUT2D eigenvalue weighted by atomic mass is 16.5. The lowest BCUT2D eigenvalue weighted by molar-refractivity contribution is 0.0521. The van der Waals surface area contributed by atoms with Crippen LogP contribution in [0.25, 0.3) is 22.4 Å². The summed E-state index contributed by atoms with van der Waals surface area (Å²) in [5, 5.41) is 0. The second-order valence-corrected chi connectivity index (χ2v) is 8.71. The molecule has 160 valence electrons. The SMILES string of the molecule is CCOC(=O)c1cn2c(cc1=O)-c1cc(N(C)C)c(-c3ccoc3)cc1CC21CCC1. The molecule has 0 radical (unpaired) electrons. The topological polar surface area (TPSA) is 64.7 Å². The number of furan rings is 1. The van der Waals surface area contributed by atoms with Gasteiger partial charge in [0.2, 0.25) is 0 Å². The minimum Gasteiger partial charge on any atom is -0.472 e. The minimum atomic E-state index is -0.549. The quantitative estimate of drug-likeness (QED) is 0.586. The van der Waals surface area contributed by atoms with Gasteiger partial charge >= 0.3 is 5.97 Å². The van der Waals surface area contributed by atoms with Crippen LogP contribution >= 0.6 is 0 Å². The summed E-state index contributed by atoms with van der Waals surface area (Å²) in [5.41, 5.74) is 6.08. The van der Waals surface area contributed by atoms with E-state index in [2.05, 4.69) is 21.6 Å². The number of benzene rings is 1. The Morgan fingerprint density at radius 3 is 2.65 bits per heavy atom. The number of pyridine rings is 1. The van der Waals surface area contributed by atoms with Gasteiger partial charge in [0.1, 0.15) is 5.56 Å². The number of fused-ring (bicyclic) bond motifs is 4. The highest BCUT2D eigenvalue weighted by molar-refractivity contribution is 5.90. The van der Waals surface area contributed by atoms with Gasteiger partial charge in [0.25, 0.3) is 0 Å². The number of nitrogens with zero attached hydrogens (tertiary/aromatic N) is 2. The molecule has 1 saturated carbocycles. The molecule has 0 amide bonds. The van der Waals surface area contributed by atoms with Gasteiger partial charge in [-0.25, -0.2) is 4.79 Å². The van der Waals surface area contributed by atoms with E-state index >= 15 is 0 Å². The van der Waals surface area contributed by atoms with Gasteiger partial charge in [-0.1, -0.05) is 0 Å². The zero-order chi connectivity index (χ0) is 21.8. The van der Waals surface area contributed by atoms with Gasteiger partial charge in [0, 0.05) is 54.3 Å². The number of aromatic nitrogens is 1. The van der Waals surface area contributed by atoms with Gasteiger partial charge in [-0.2, -0.15) is 0 Å². The molecule has 0 unspecified atom stereocenters. The largest absolute Gasteiger partial charge is 0.472 e. The Kier molecular flexibility index (Phi) is 4.54. The molecule has 0 bridgehead atoms. The summed E-state index contributed by atoms with van der Waals surface area (Å²) in [7, 11) is 4.02. The van der Waals surface area contributed by atoms with Crippen molar-refractivity contribution in [2.75, 3.05) is 25.6 Å². The van der Waals surface area contributed by atoms with E-state index in [4.69, 9.17) is 9.15 Å². The Balaban J connectivity index is 1.74. The van der Waals surface area contributed by atoms with Crippen LogP contribution in [-0.2, 0) is 16.7 Å². The maximum absolute atomic E-state index is 12.9. The third kappa shape index (κ3) is 3.00. The maximum Gasteiger partial charge on any atom is 0.343 e. The van der Waals surface area contributed by atoms with Crippen LogP contribution in [-0.4, -0.2) is 31.2 Å². The van der Waals surface area contributed by atoms with Crippen molar-refractivity contribution in [3.05, 3.63) is 64.3 Å². The summed E-state index contributed by atoms with van der Waals surface area (Å²) in [6.45, 7) is 1.99. The van der Waals surface area contributed by atoms with Gasteiger partial charge in [0.05, 0.1) is 24.8 Å². The molecule has 0 atom stereocenters. The third-order valence-corrected chi connectivity index (χ3v) is 6.67. The summed E-state index contributed by atoms with van der Waals surface area (Å²) in [4.78, 5) is 27.3. The lowest BCUT2D eigenvalue weighted by Crippen LogP contribution is -2.46. The fourth-order valence-corrected chi connectivity index (χ4v) is 4.97. The minimum absolute atomic E-state index is 0.0927. The van der Waals surface area contributed by atoms with Crippen LogP contribution in [0.15, 0.2) is 52.2 Å². The van der Waals surface area contributed by atoms with Crippen LogP contribution in [0.4, 0.5) is 5.69 Å². The monoisotopic (exact) mass is 418 g/mol. The van der Waals surface area contributed by atoms with Crippen LogP contribution in [0.5, 0.6) is 0 Å². The molecule has 2 aromatic heterocycles. The molecule has 1 fully saturated rings. The summed E-state index contributed by atoms with van der Waals surface area (Å²) < 4.78 is 12.6. The second-order valence-electron chi connectivity index (χ2n) is 8.71. The molecule has 3 heterocycles. The first-order valence-corrected chi connectivity index (χ1v) is 10.7. The number of ether oxygens (including phenoxy) is 1.